The zero-order valence-corrected chi connectivity index (χ0v) is 14.1. The van der Waals surface area contributed by atoms with Crippen molar-refractivity contribution in [1.29, 1.82) is 0 Å². The van der Waals surface area contributed by atoms with Gasteiger partial charge in [-0.05, 0) is 42.5 Å². The number of rotatable bonds is 4. The number of allylic oxidation sites excluding steroid dienone is 2. The fourth-order valence-corrected chi connectivity index (χ4v) is 4.58. The van der Waals surface area contributed by atoms with E-state index in [0.29, 0.717) is 0 Å². The van der Waals surface area contributed by atoms with Gasteiger partial charge in [0, 0.05) is 23.8 Å². The number of sulfone groups is 1. The molecule has 1 amide bonds. The third-order valence-electron chi connectivity index (χ3n) is 4.44. The Hall–Kier alpha value is -1.95. The smallest absolute Gasteiger partial charge is 0.220 e. The Labute approximate surface area is 141 Å². The summed E-state index contributed by atoms with van der Waals surface area (Å²) < 4.78 is 35.7. The van der Waals surface area contributed by atoms with Crippen molar-refractivity contribution in [3.8, 4) is 0 Å². The summed E-state index contributed by atoms with van der Waals surface area (Å²) in [6, 6.07) is 6.52. The number of carbonyl (C=O) groups is 1. The molecule has 1 aliphatic heterocycles. The quantitative estimate of drug-likeness (QED) is 0.909. The highest BCUT2D eigenvalue weighted by atomic mass is 32.2. The molecule has 0 saturated carbocycles. The lowest BCUT2D eigenvalue weighted by Crippen LogP contribution is -2.36. The molecule has 1 heterocycles. The minimum Gasteiger partial charge on any atom is -0.353 e. The lowest BCUT2D eigenvalue weighted by atomic mass is 9.90. The number of carbonyl (C=O) groups excluding carboxylic acids is 1. The van der Waals surface area contributed by atoms with Gasteiger partial charge in [0.1, 0.15) is 5.82 Å². The molecule has 1 aromatic rings. The maximum absolute atomic E-state index is 13.0. The summed E-state index contributed by atoms with van der Waals surface area (Å²) in [6.45, 7) is 0. The van der Waals surface area contributed by atoms with Crippen molar-refractivity contribution in [2.75, 3.05) is 5.75 Å². The van der Waals surface area contributed by atoms with E-state index < -0.39 is 9.84 Å². The van der Waals surface area contributed by atoms with E-state index in [0.717, 1.165) is 24.8 Å². The van der Waals surface area contributed by atoms with Crippen molar-refractivity contribution in [2.24, 2.45) is 5.92 Å². The molecule has 1 aliphatic carbocycles. The maximum Gasteiger partial charge on any atom is 0.220 e. The van der Waals surface area contributed by atoms with E-state index in [1.807, 2.05) is 0 Å². The van der Waals surface area contributed by atoms with Crippen LogP contribution in [0.15, 0.2) is 41.8 Å². The number of benzene rings is 1. The lowest BCUT2D eigenvalue weighted by molar-refractivity contribution is -0.122. The molecule has 0 fully saturated rings. The number of halogens is 1. The molecule has 0 aromatic heterocycles. The highest BCUT2D eigenvalue weighted by Crippen LogP contribution is 2.27. The third-order valence-corrected chi connectivity index (χ3v) is 5.91. The van der Waals surface area contributed by atoms with Crippen LogP contribution in [0.2, 0.25) is 0 Å². The molecule has 2 unspecified atom stereocenters. The monoisotopic (exact) mass is 349 g/mol. The van der Waals surface area contributed by atoms with Crippen LogP contribution >= 0.6 is 0 Å². The van der Waals surface area contributed by atoms with Crippen LogP contribution < -0.4 is 5.32 Å². The normalized spacial score (nSPS) is 25.3. The van der Waals surface area contributed by atoms with Gasteiger partial charge in [0.05, 0.1) is 5.75 Å². The molecule has 0 bridgehead atoms. The Kier molecular flexibility index (Phi) is 4.85. The zero-order valence-electron chi connectivity index (χ0n) is 13.2. The van der Waals surface area contributed by atoms with Crippen molar-refractivity contribution in [3.05, 3.63) is 53.2 Å². The Balaban J connectivity index is 1.50. The van der Waals surface area contributed by atoms with Gasteiger partial charge in [-0.1, -0.05) is 24.3 Å². The Morgan fingerprint density at radius 3 is 2.58 bits per heavy atom. The van der Waals surface area contributed by atoms with Crippen molar-refractivity contribution >= 4 is 21.3 Å². The highest BCUT2D eigenvalue weighted by Gasteiger charge is 2.25. The van der Waals surface area contributed by atoms with Crippen molar-refractivity contribution < 1.29 is 17.6 Å². The summed E-state index contributed by atoms with van der Waals surface area (Å²) in [6.07, 6.45) is 6.28. The van der Waals surface area contributed by atoms with Gasteiger partial charge < -0.3 is 5.32 Å². The first-order chi connectivity index (χ1) is 11.4. The first-order valence-corrected chi connectivity index (χ1v) is 9.78. The van der Waals surface area contributed by atoms with Crippen LogP contribution in [0.25, 0.3) is 5.57 Å². The average Bonchev–Trinajstić information content (AvgIpc) is 2.87. The molecule has 1 N–H and O–H groups in total. The number of hydrogen-bond acceptors (Lipinski definition) is 3. The zero-order chi connectivity index (χ0) is 17.2. The second-order valence-corrected chi connectivity index (χ2v) is 8.33. The van der Waals surface area contributed by atoms with Gasteiger partial charge in [-0.3, -0.25) is 4.79 Å². The van der Waals surface area contributed by atoms with Gasteiger partial charge in [0.2, 0.25) is 5.91 Å². The van der Waals surface area contributed by atoms with Gasteiger partial charge >= 0.3 is 0 Å². The molecule has 2 atom stereocenters. The SMILES string of the molecule is O=C(CC1C=CS(=O)(=O)C1)NC1CC=C(c2ccc(F)cc2)CC1. The number of hydrogen-bond donors (Lipinski definition) is 1. The van der Waals surface area contributed by atoms with Crippen LogP contribution in [0.4, 0.5) is 4.39 Å². The van der Waals surface area contributed by atoms with E-state index in [1.54, 1.807) is 18.2 Å². The summed E-state index contributed by atoms with van der Waals surface area (Å²) in [7, 11) is -3.11. The standard InChI is InChI=1S/C18H20FNO3S/c19-16-5-1-14(2-6-16)15-3-7-17(8-4-15)20-18(21)11-13-9-10-24(22,23)12-13/h1-3,5-6,9-10,13,17H,4,7-8,11-12H2,(H,20,21). The van der Waals surface area contributed by atoms with Gasteiger partial charge in [-0.2, -0.15) is 0 Å². The van der Waals surface area contributed by atoms with Crippen LogP contribution in [-0.2, 0) is 14.6 Å². The molecule has 2 aliphatic rings. The van der Waals surface area contributed by atoms with E-state index in [9.17, 15) is 17.6 Å². The first kappa shape index (κ1) is 16.9. The van der Waals surface area contributed by atoms with Crippen LogP contribution in [-0.4, -0.2) is 26.1 Å². The second kappa shape index (κ2) is 6.89. The minimum atomic E-state index is -3.11. The Morgan fingerprint density at radius 1 is 1.25 bits per heavy atom. The minimum absolute atomic E-state index is 0.0275. The largest absolute Gasteiger partial charge is 0.353 e. The van der Waals surface area contributed by atoms with Gasteiger partial charge in [0.25, 0.3) is 0 Å². The fourth-order valence-electron chi connectivity index (χ4n) is 3.18. The molecule has 128 valence electrons. The second-order valence-electron chi connectivity index (χ2n) is 6.40. The van der Waals surface area contributed by atoms with Crippen LogP contribution in [0.5, 0.6) is 0 Å². The molecule has 0 spiro atoms. The van der Waals surface area contributed by atoms with Crippen LogP contribution in [0, 0.1) is 11.7 Å². The van der Waals surface area contributed by atoms with Gasteiger partial charge in [-0.25, -0.2) is 12.8 Å². The molecule has 0 radical (unpaired) electrons. The van der Waals surface area contributed by atoms with Gasteiger partial charge in [0.15, 0.2) is 9.84 Å². The lowest BCUT2D eigenvalue weighted by Gasteiger charge is -2.23. The Morgan fingerprint density at radius 2 is 2.00 bits per heavy atom. The summed E-state index contributed by atoms with van der Waals surface area (Å²) in [5, 5.41) is 4.18. The molecular formula is C18H20FNO3S. The summed E-state index contributed by atoms with van der Waals surface area (Å²) >= 11 is 0. The van der Waals surface area contributed by atoms with Crippen molar-refractivity contribution in [2.45, 2.75) is 31.7 Å². The molecule has 24 heavy (non-hydrogen) atoms. The van der Waals surface area contributed by atoms with E-state index in [-0.39, 0.29) is 35.9 Å². The molecule has 3 rings (SSSR count). The first-order valence-electron chi connectivity index (χ1n) is 8.06. The average molecular weight is 349 g/mol. The Bertz CT molecular complexity index is 781. The number of amides is 1. The topological polar surface area (TPSA) is 63.2 Å². The summed E-state index contributed by atoms with van der Waals surface area (Å²) in [5.74, 6) is -0.544. The van der Waals surface area contributed by atoms with Gasteiger partial charge in [-0.15, -0.1) is 0 Å². The number of nitrogens with one attached hydrogen (secondary N) is 1. The third kappa shape index (κ3) is 4.32. The molecule has 6 heteroatoms. The fraction of sp³-hybridized carbons (Fsp3) is 0.389. The molecular weight excluding hydrogens is 329 g/mol. The highest BCUT2D eigenvalue weighted by molar-refractivity contribution is 7.94. The maximum atomic E-state index is 13.0. The van der Waals surface area contributed by atoms with E-state index in [1.165, 1.54) is 23.1 Å². The molecule has 4 nitrogen and oxygen atoms in total. The van der Waals surface area contributed by atoms with E-state index in [4.69, 9.17) is 0 Å². The van der Waals surface area contributed by atoms with Crippen LogP contribution in [0.3, 0.4) is 0 Å². The summed E-state index contributed by atoms with van der Waals surface area (Å²) in [5.41, 5.74) is 2.19. The summed E-state index contributed by atoms with van der Waals surface area (Å²) in [4.78, 5) is 12.1. The molecule has 0 saturated heterocycles. The predicted molar refractivity (Wildman–Crippen MR) is 91.2 cm³/mol. The molecule has 1 aromatic carbocycles. The van der Waals surface area contributed by atoms with E-state index in [2.05, 4.69) is 11.4 Å². The van der Waals surface area contributed by atoms with E-state index >= 15 is 0 Å². The van der Waals surface area contributed by atoms with Crippen LogP contribution in [0.1, 0.15) is 31.2 Å². The van der Waals surface area contributed by atoms with Crippen molar-refractivity contribution in [3.63, 3.8) is 0 Å². The van der Waals surface area contributed by atoms with Crippen molar-refractivity contribution in [1.82, 2.24) is 5.32 Å². The predicted octanol–water partition coefficient (Wildman–Crippen LogP) is 2.83.